The molecule has 0 aliphatic carbocycles. The largest absolute Gasteiger partial charge is 0.262 e. The summed E-state index contributed by atoms with van der Waals surface area (Å²) in [7, 11) is 2.52. The van der Waals surface area contributed by atoms with Crippen molar-refractivity contribution < 1.29 is 16.8 Å². The predicted molar refractivity (Wildman–Crippen MR) is 75.0 cm³/mol. The molecule has 2 rings (SSSR count). The van der Waals surface area contributed by atoms with E-state index in [2.05, 4.69) is 0 Å². The molecule has 19 heavy (non-hydrogen) atoms. The van der Waals surface area contributed by atoms with E-state index in [-0.39, 0.29) is 20.2 Å². The Morgan fingerprint density at radius 3 is 1.95 bits per heavy atom. The van der Waals surface area contributed by atoms with Gasteiger partial charge in [-0.15, -0.1) is 0 Å². The van der Waals surface area contributed by atoms with E-state index >= 15 is 0 Å². The minimum Gasteiger partial charge on any atom is -0.207 e. The summed E-state index contributed by atoms with van der Waals surface area (Å²) < 4.78 is 45.1. The molecule has 0 aromatic heterocycles. The van der Waals surface area contributed by atoms with Gasteiger partial charge in [-0.05, 0) is 23.6 Å². The highest BCUT2D eigenvalue weighted by Crippen LogP contribution is 2.33. The van der Waals surface area contributed by atoms with Crippen LogP contribution in [0.4, 0.5) is 0 Å². The number of rotatable bonds is 2. The fourth-order valence-electron chi connectivity index (χ4n) is 1.58. The highest BCUT2D eigenvalue weighted by atomic mass is 35.7. The van der Waals surface area contributed by atoms with Crippen molar-refractivity contribution in [1.29, 1.82) is 0 Å². The number of benzene rings is 2. The van der Waals surface area contributed by atoms with Crippen LogP contribution in [0.1, 0.15) is 0 Å². The molecule has 0 atom stereocenters. The van der Waals surface area contributed by atoms with Crippen LogP contribution >= 0.6 is 33.0 Å². The van der Waals surface area contributed by atoms with E-state index in [0.717, 1.165) is 0 Å². The molecule has 0 spiro atoms. The third-order valence-electron chi connectivity index (χ3n) is 2.44. The summed E-state index contributed by atoms with van der Waals surface area (Å²) in [4.78, 5) is -0.458. The van der Waals surface area contributed by atoms with Crippen molar-refractivity contribution in [3.05, 3.63) is 35.4 Å². The van der Waals surface area contributed by atoms with E-state index in [1.165, 1.54) is 30.3 Å². The Kier molecular flexibility index (Phi) is 3.75. The average Bonchev–Trinajstić information content (AvgIpc) is 2.26. The Balaban J connectivity index is 2.88. The van der Waals surface area contributed by atoms with Gasteiger partial charge in [-0.25, -0.2) is 16.8 Å². The molecule has 0 heterocycles. The van der Waals surface area contributed by atoms with Crippen molar-refractivity contribution >= 4 is 61.8 Å². The Bertz CT molecular complexity index is 868. The number of hydrogen-bond donors (Lipinski definition) is 0. The zero-order valence-corrected chi connectivity index (χ0v) is 12.9. The highest BCUT2D eigenvalue weighted by Gasteiger charge is 2.18. The van der Waals surface area contributed by atoms with Crippen molar-refractivity contribution in [2.75, 3.05) is 0 Å². The van der Waals surface area contributed by atoms with Gasteiger partial charge in [0.25, 0.3) is 18.1 Å². The second-order valence-corrected chi connectivity index (χ2v) is 9.11. The molecule has 9 heteroatoms. The number of fused-ring (bicyclic) bond motifs is 1. The molecule has 102 valence electrons. The zero-order chi connectivity index (χ0) is 14.4. The molecule has 0 saturated heterocycles. The Morgan fingerprint density at radius 2 is 1.42 bits per heavy atom. The molecule has 0 aliphatic rings. The van der Waals surface area contributed by atoms with Gasteiger partial charge in [-0.3, -0.25) is 0 Å². The molecule has 0 amide bonds. The Labute approximate surface area is 123 Å². The minimum atomic E-state index is -4.02. The summed E-state index contributed by atoms with van der Waals surface area (Å²) in [6, 6.07) is 6.70. The van der Waals surface area contributed by atoms with Gasteiger partial charge in [-0.1, -0.05) is 23.7 Å². The molecule has 2 aromatic carbocycles. The van der Waals surface area contributed by atoms with Gasteiger partial charge in [0, 0.05) is 26.8 Å². The SMILES string of the molecule is O=S(=O)(Cl)c1ccc2ccc(S(=O)(=O)Cl)c(Cl)c2c1. The van der Waals surface area contributed by atoms with Crippen molar-refractivity contribution in [2.24, 2.45) is 0 Å². The Hall–Kier alpha value is -0.530. The molecule has 0 saturated carbocycles. The second kappa shape index (κ2) is 4.79. The lowest BCUT2D eigenvalue weighted by molar-refractivity contribution is 0.608. The Morgan fingerprint density at radius 1 is 0.842 bits per heavy atom. The highest BCUT2D eigenvalue weighted by molar-refractivity contribution is 8.14. The maximum Gasteiger partial charge on any atom is 0.262 e. The average molecular weight is 360 g/mol. The van der Waals surface area contributed by atoms with Crippen LogP contribution in [0.3, 0.4) is 0 Å². The van der Waals surface area contributed by atoms with Gasteiger partial charge in [0.2, 0.25) is 0 Å². The lowest BCUT2D eigenvalue weighted by Crippen LogP contribution is -1.94. The third-order valence-corrected chi connectivity index (χ3v) is 5.67. The lowest BCUT2D eigenvalue weighted by atomic mass is 10.1. The molecule has 2 aromatic rings. The van der Waals surface area contributed by atoms with Gasteiger partial charge >= 0.3 is 0 Å². The maximum absolute atomic E-state index is 11.3. The van der Waals surface area contributed by atoms with Gasteiger partial charge in [0.05, 0.1) is 9.92 Å². The molecular weight excluding hydrogens is 355 g/mol. The van der Waals surface area contributed by atoms with E-state index in [1.54, 1.807) is 0 Å². The summed E-state index contributed by atoms with van der Waals surface area (Å²) >= 11 is 5.95. The maximum atomic E-state index is 11.3. The first-order valence-electron chi connectivity index (χ1n) is 4.72. The lowest BCUT2D eigenvalue weighted by Gasteiger charge is -2.06. The summed E-state index contributed by atoms with van der Waals surface area (Å²) in [6.07, 6.45) is 0. The predicted octanol–water partition coefficient (Wildman–Crippen LogP) is 3.35. The van der Waals surface area contributed by atoms with Crippen LogP contribution < -0.4 is 0 Å². The standard InChI is InChI=1S/C10H5Cl3O4S2/c11-10-8-5-7(18(12,14)15)3-1-6(8)2-4-9(10)19(13,16)17/h1-5H. The van der Waals surface area contributed by atoms with Crippen molar-refractivity contribution in [3.8, 4) is 0 Å². The van der Waals surface area contributed by atoms with Crippen LogP contribution in [-0.2, 0) is 18.1 Å². The van der Waals surface area contributed by atoms with Crippen LogP contribution in [0.25, 0.3) is 10.8 Å². The van der Waals surface area contributed by atoms with Crippen molar-refractivity contribution in [3.63, 3.8) is 0 Å². The number of hydrogen-bond acceptors (Lipinski definition) is 4. The van der Waals surface area contributed by atoms with Crippen LogP contribution in [0.2, 0.25) is 5.02 Å². The van der Waals surface area contributed by atoms with Crippen LogP contribution in [0.15, 0.2) is 40.1 Å². The topological polar surface area (TPSA) is 68.3 Å². The smallest absolute Gasteiger partial charge is 0.207 e. The van der Waals surface area contributed by atoms with Gasteiger partial charge in [-0.2, -0.15) is 0 Å². The van der Waals surface area contributed by atoms with Crippen LogP contribution in [0.5, 0.6) is 0 Å². The molecule has 0 aliphatic heterocycles. The normalized spacial score (nSPS) is 12.8. The third kappa shape index (κ3) is 2.98. The first-order valence-corrected chi connectivity index (χ1v) is 9.72. The fourth-order valence-corrected chi connectivity index (χ4v) is 3.95. The first kappa shape index (κ1) is 14.9. The minimum absolute atomic E-state index is 0.144. The van der Waals surface area contributed by atoms with E-state index in [1.807, 2.05) is 0 Å². The molecule has 0 radical (unpaired) electrons. The van der Waals surface area contributed by atoms with E-state index in [4.69, 9.17) is 33.0 Å². The molecule has 0 unspecified atom stereocenters. The summed E-state index contributed by atoms with van der Waals surface area (Å²) in [5.41, 5.74) is 0. The molecule has 0 N–H and O–H groups in total. The molecule has 4 nitrogen and oxygen atoms in total. The van der Waals surface area contributed by atoms with Crippen molar-refractivity contribution in [1.82, 2.24) is 0 Å². The first-order chi connectivity index (χ1) is 8.60. The number of halogens is 3. The van der Waals surface area contributed by atoms with Crippen LogP contribution in [0, 0.1) is 0 Å². The summed E-state index contributed by atoms with van der Waals surface area (Å²) in [5, 5.41) is 0.665. The fraction of sp³-hybridized carbons (Fsp3) is 0. The second-order valence-electron chi connectivity index (χ2n) is 3.64. The monoisotopic (exact) mass is 358 g/mol. The van der Waals surface area contributed by atoms with Gasteiger partial charge in [0.1, 0.15) is 4.90 Å². The van der Waals surface area contributed by atoms with Gasteiger partial charge < -0.3 is 0 Å². The van der Waals surface area contributed by atoms with E-state index < -0.39 is 18.1 Å². The van der Waals surface area contributed by atoms with Gasteiger partial charge in [0.15, 0.2) is 0 Å². The van der Waals surface area contributed by atoms with E-state index in [0.29, 0.717) is 5.39 Å². The summed E-state index contributed by atoms with van der Waals surface area (Å²) in [6.45, 7) is 0. The molecular formula is C10H5Cl3O4S2. The molecule has 0 fully saturated rings. The molecule has 0 bridgehead atoms. The van der Waals surface area contributed by atoms with Crippen molar-refractivity contribution in [2.45, 2.75) is 9.79 Å². The van der Waals surface area contributed by atoms with Crippen LogP contribution in [-0.4, -0.2) is 16.8 Å². The van der Waals surface area contributed by atoms with E-state index in [9.17, 15) is 16.8 Å². The summed E-state index contributed by atoms with van der Waals surface area (Å²) in [5.74, 6) is 0. The quantitative estimate of drug-likeness (QED) is 0.771. The zero-order valence-electron chi connectivity index (χ0n) is 8.97.